The maximum Gasteiger partial charge on any atom is 0.325 e. The van der Waals surface area contributed by atoms with Crippen LogP contribution in [0.3, 0.4) is 0 Å². The highest BCUT2D eigenvalue weighted by Crippen LogP contribution is 2.16. The molecule has 0 bridgehead atoms. The Morgan fingerprint density at radius 1 is 1.42 bits per heavy atom. The largest absolute Gasteiger partial charge is 0.396 e. The van der Waals surface area contributed by atoms with Crippen molar-refractivity contribution in [3.05, 3.63) is 0 Å². The third-order valence-corrected chi connectivity index (χ3v) is 3.06. The molecule has 0 aliphatic carbocycles. The van der Waals surface area contributed by atoms with Crippen molar-refractivity contribution in [3.63, 3.8) is 0 Å². The van der Waals surface area contributed by atoms with E-state index in [0.717, 1.165) is 4.90 Å². The Morgan fingerprint density at radius 2 is 2.05 bits per heavy atom. The zero-order valence-corrected chi connectivity index (χ0v) is 11.6. The number of rotatable bonds is 6. The fourth-order valence-electron chi connectivity index (χ4n) is 1.92. The Morgan fingerprint density at radius 3 is 2.47 bits per heavy atom. The Hall–Kier alpha value is -1.63. The van der Waals surface area contributed by atoms with Crippen molar-refractivity contribution in [2.45, 2.75) is 32.7 Å². The average Bonchev–Trinajstić information content (AvgIpc) is 2.52. The van der Waals surface area contributed by atoms with Crippen molar-refractivity contribution in [2.75, 3.05) is 26.2 Å². The van der Waals surface area contributed by atoms with Gasteiger partial charge in [0.1, 0.15) is 12.1 Å². The molecule has 19 heavy (non-hydrogen) atoms. The molecule has 1 rings (SSSR count). The van der Waals surface area contributed by atoms with Gasteiger partial charge in [0.15, 0.2) is 0 Å². The molecule has 7 heteroatoms. The van der Waals surface area contributed by atoms with Gasteiger partial charge in [-0.1, -0.05) is 0 Å². The van der Waals surface area contributed by atoms with Gasteiger partial charge in [0.05, 0.1) is 0 Å². The average molecular weight is 271 g/mol. The van der Waals surface area contributed by atoms with Gasteiger partial charge in [-0.05, 0) is 27.2 Å². The van der Waals surface area contributed by atoms with Crippen LogP contribution >= 0.6 is 0 Å². The van der Waals surface area contributed by atoms with Gasteiger partial charge in [0.2, 0.25) is 5.91 Å². The van der Waals surface area contributed by atoms with Crippen LogP contribution in [0.2, 0.25) is 0 Å². The van der Waals surface area contributed by atoms with Crippen molar-refractivity contribution in [1.29, 1.82) is 0 Å². The van der Waals surface area contributed by atoms with E-state index in [1.807, 2.05) is 6.92 Å². The molecule has 0 aromatic heterocycles. The van der Waals surface area contributed by atoms with Gasteiger partial charge >= 0.3 is 6.03 Å². The molecule has 4 amide bonds. The number of carbonyl (C=O) groups is 3. The van der Waals surface area contributed by atoms with Gasteiger partial charge in [-0.15, -0.1) is 0 Å². The maximum atomic E-state index is 12.0. The molecule has 1 heterocycles. The summed E-state index contributed by atoms with van der Waals surface area (Å²) in [5, 5.41) is 11.3. The molecule has 0 atom stereocenters. The van der Waals surface area contributed by atoms with E-state index < -0.39 is 17.5 Å². The molecule has 7 nitrogen and oxygen atoms in total. The van der Waals surface area contributed by atoms with Crippen LogP contribution in [0.15, 0.2) is 0 Å². The summed E-state index contributed by atoms with van der Waals surface area (Å²) in [6.45, 7) is 5.64. The minimum Gasteiger partial charge on any atom is -0.396 e. The first-order valence-electron chi connectivity index (χ1n) is 6.36. The molecule has 2 N–H and O–H groups in total. The molecule has 0 radical (unpaired) electrons. The quantitative estimate of drug-likeness (QED) is 0.640. The highest BCUT2D eigenvalue weighted by Gasteiger charge is 2.45. The van der Waals surface area contributed by atoms with E-state index in [1.165, 1.54) is 4.90 Å². The lowest BCUT2D eigenvalue weighted by Crippen LogP contribution is -2.44. The molecule has 1 fully saturated rings. The molecule has 0 spiro atoms. The SMILES string of the molecule is CCN(CCCO)C(=O)CN1C(=O)NC(C)(C)C1=O. The number of aliphatic hydroxyl groups excluding tert-OH is 1. The lowest BCUT2D eigenvalue weighted by Gasteiger charge is -2.23. The van der Waals surface area contributed by atoms with Crippen LogP contribution in [0.4, 0.5) is 4.79 Å². The van der Waals surface area contributed by atoms with E-state index in [0.29, 0.717) is 19.5 Å². The predicted octanol–water partition coefficient (Wildman–Crippen LogP) is -0.452. The van der Waals surface area contributed by atoms with E-state index in [4.69, 9.17) is 5.11 Å². The number of amides is 4. The van der Waals surface area contributed by atoms with Crippen LogP contribution in [0.25, 0.3) is 0 Å². The van der Waals surface area contributed by atoms with Gasteiger partial charge in [0, 0.05) is 19.7 Å². The predicted molar refractivity (Wildman–Crippen MR) is 68.3 cm³/mol. The molecular formula is C12H21N3O4. The first-order chi connectivity index (χ1) is 8.83. The molecule has 1 aliphatic heterocycles. The zero-order chi connectivity index (χ0) is 14.6. The van der Waals surface area contributed by atoms with E-state index in [1.54, 1.807) is 13.8 Å². The van der Waals surface area contributed by atoms with Crippen LogP contribution in [0.5, 0.6) is 0 Å². The highest BCUT2D eigenvalue weighted by molar-refractivity contribution is 6.08. The van der Waals surface area contributed by atoms with E-state index in [-0.39, 0.29) is 19.1 Å². The van der Waals surface area contributed by atoms with E-state index in [2.05, 4.69) is 5.32 Å². The number of aliphatic hydroxyl groups is 1. The lowest BCUT2D eigenvalue weighted by molar-refractivity contribution is -0.138. The fourth-order valence-corrected chi connectivity index (χ4v) is 1.92. The number of imide groups is 1. The monoisotopic (exact) mass is 271 g/mol. The maximum absolute atomic E-state index is 12.0. The van der Waals surface area contributed by atoms with Crippen molar-refractivity contribution in [2.24, 2.45) is 0 Å². The Bertz CT molecular complexity index is 381. The summed E-state index contributed by atoms with van der Waals surface area (Å²) in [5.74, 6) is -0.693. The van der Waals surface area contributed by atoms with Gasteiger partial charge < -0.3 is 15.3 Å². The minimum atomic E-state index is -0.959. The first kappa shape index (κ1) is 15.4. The van der Waals surface area contributed by atoms with E-state index >= 15 is 0 Å². The summed E-state index contributed by atoms with van der Waals surface area (Å²) < 4.78 is 0. The molecule has 0 unspecified atom stereocenters. The van der Waals surface area contributed by atoms with Gasteiger partial charge in [-0.2, -0.15) is 0 Å². The van der Waals surface area contributed by atoms with Crippen LogP contribution in [-0.2, 0) is 9.59 Å². The van der Waals surface area contributed by atoms with Crippen molar-refractivity contribution in [3.8, 4) is 0 Å². The summed E-state index contributed by atoms with van der Waals surface area (Å²) in [7, 11) is 0. The third-order valence-electron chi connectivity index (χ3n) is 3.06. The smallest absolute Gasteiger partial charge is 0.325 e. The van der Waals surface area contributed by atoms with Crippen molar-refractivity contribution >= 4 is 17.8 Å². The van der Waals surface area contributed by atoms with Gasteiger partial charge in [-0.25, -0.2) is 4.79 Å². The number of likely N-dealkylation sites (N-methyl/N-ethyl adjacent to an activating group) is 1. The van der Waals surface area contributed by atoms with Crippen LogP contribution < -0.4 is 5.32 Å². The third kappa shape index (κ3) is 3.44. The number of nitrogens with zero attached hydrogens (tertiary/aromatic N) is 2. The van der Waals surface area contributed by atoms with Gasteiger partial charge in [-0.3, -0.25) is 14.5 Å². The number of nitrogens with one attached hydrogen (secondary N) is 1. The molecular weight excluding hydrogens is 250 g/mol. The molecule has 108 valence electrons. The topological polar surface area (TPSA) is 89.9 Å². The number of hydrogen-bond donors (Lipinski definition) is 2. The Labute approximate surface area is 112 Å². The molecule has 1 aliphatic rings. The first-order valence-corrected chi connectivity index (χ1v) is 6.36. The second kappa shape index (κ2) is 6.01. The number of hydrogen-bond acceptors (Lipinski definition) is 4. The summed E-state index contributed by atoms with van der Waals surface area (Å²) in [6, 6.07) is -0.540. The summed E-state index contributed by atoms with van der Waals surface area (Å²) in [4.78, 5) is 38.0. The Balaban J connectivity index is 2.66. The van der Waals surface area contributed by atoms with Gasteiger partial charge in [0.25, 0.3) is 5.91 Å². The fraction of sp³-hybridized carbons (Fsp3) is 0.750. The Kier molecular flexibility index (Phi) is 4.88. The number of urea groups is 1. The molecule has 1 saturated heterocycles. The van der Waals surface area contributed by atoms with E-state index in [9.17, 15) is 14.4 Å². The standard InChI is InChI=1S/C12H21N3O4/c1-4-14(6-5-7-16)9(17)8-15-10(18)12(2,3)13-11(15)19/h16H,4-8H2,1-3H3,(H,13,19). The summed E-state index contributed by atoms with van der Waals surface area (Å²) in [6.07, 6.45) is 0.477. The molecule has 0 saturated carbocycles. The highest BCUT2D eigenvalue weighted by atomic mass is 16.3. The van der Waals surface area contributed by atoms with Crippen molar-refractivity contribution < 1.29 is 19.5 Å². The number of carbonyl (C=O) groups excluding carboxylic acids is 3. The van der Waals surface area contributed by atoms with Crippen molar-refractivity contribution in [1.82, 2.24) is 15.1 Å². The summed E-state index contributed by atoms with van der Waals surface area (Å²) >= 11 is 0. The second-order valence-electron chi connectivity index (χ2n) is 5.00. The second-order valence-corrected chi connectivity index (χ2v) is 5.00. The minimum absolute atomic E-state index is 0.0000575. The summed E-state index contributed by atoms with van der Waals surface area (Å²) in [5.41, 5.74) is -0.959. The molecule has 0 aromatic carbocycles. The molecule has 0 aromatic rings. The van der Waals surface area contributed by atoms with Crippen LogP contribution in [0.1, 0.15) is 27.2 Å². The zero-order valence-electron chi connectivity index (χ0n) is 11.6. The normalized spacial score (nSPS) is 17.6. The van der Waals surface area contributed by atoms with Crippen LogP contribution in [0, 0.1) is 0 Å². The van der Waals surface area contributed by atoms with Crippen LogP contribution in [-0.4, -0.2) is 64.5 Å². The lowest BCUT2D eigenvalue weighted by atomic mass is 10.1.